The number of ketones is 1. The molecule has 188 valence electrons. The molecule has 4 heteroatoms. The van der Waals surface area contributed by atoms with Gasteiger partial charge in [0.2, 0.25) is 5.88 Å². The van der Waals surface area contributed by atoms with Crippen molar-refractivity contribution in [1.82, 2.24) is 4.98 Å². The highest BCUT2D eigenvalue weighted by atomic mass is 16.5. The monoisotopic (exact) mass is 475 g/mol. The summed E-state index contributed by atoms with van der Waals surface area (Å²) in [7, 11) is 0. The van der Waals surface area contributed by atoms with Crippen LogP contribution < -0.4 is 4.74 Å². The molecule has 0 amide bonds. The lowest BCUT2D eigenvalue weighted by molar-refractivity contribution is -0.149. The summed E-state index contributed by atoms with van der Waals surface area (Å²) in [5, 5.41) is 11.7. The molecule has 35 heavy (non-hydrogen) atoms. The Morgan fingerprint density at radius 3 is 2.69 bits per heavy atom. The number of hydrogen-bond acceptors (Lipinski definition) is 4. The molecule has 0 unspecified atom stereocenters. The van der Waals surface area contributed by atoms with Crippen LogP contribution in [-0.4, -0.2) is 28.1 Å². The summed E-state index contributed by atoms with van der Waals surface area (Å²) in [6, 6.07) is 11.9. The number of carbonyl (C=O) groups is 1. The van der Waals surface area contributed by atoms with Crippen molar-refractivity contribution in [3.8, 4) is 5.88 Å². The van der Waals surface area contributed by atoms with Crippen LogP contribution in [0.3, 0.4) is 0 Å². The Morgan fingerprint density at radius 1 is 0.971 bits per heavy atom. The maximum atomic E-state index is 13.6. The topological polar surface area (TPSA) is 59.4 Å². The zero-order valence-electron chi connectivity index (χ0n) is 21.4. The van der Waals surface area contributed by atoms with Crippen molar-refractivity contribution in [3.63, 3.8) is 0 Å². The number of aromatic nitrogens is 1. The van der Waals surface area contributed by atoms with Gasteiger partial charge in [-0.05, 0) is 112 Å². The second-order valence-corrected chi connectivity index (χ2v) is 12.8. The number of nitrogens with zero attached hydrogens (tertiary/aromatic N) is 1. The van der Waals surface area contributed by atoms with E-state index in [0.29, 0.717) is 17.7 Å². The van der Waals surface area contributed by atoms with Crippen LogP contribution >= 0.6 is 0 Å². The van der Waals surface area contributed by atoms with Crippen molar-refractivity contribution >= 4 is 16.7 Å². The SMILES string of the molecule is C[C@@]1(O)CC[C@H]2[C@H](CC[C@@H]3[C@@H]2CC[C@]2(C)[C@@H](C(=O)COc4ccc5ccccc5n4)CCC[C@@H]32)C1. The third-order valence-electron chi connectivity index (χ3n) is 10.8. The van der Waals surface area contributed by atoms with E-state index in [1.165, 1.54) is 38.5 Å². The molecule has 1 aromatic heterocycles. The highest BCUT2D eigenvalue weighted by Crippen LogP contribution is 2.63. The van der Waals surface area contributed by atoms with Crippen molar-refractivity contribution in [2.45, 2.75) is 83.7 Å². The lowest BCUT2D eigenvalue weighted by Gasteiger charge is -2.60. The number of rotatable bonds is 4. The number of fused-ring (bicyclic) bond motifs is 6. The Bertz CT molecular complexity index is 1100. The summed E-state index contributed by atoms with van der Waals surface area (Å²) >= 11 is 0. The number of benzene rings is 1. The van der Waals surface area contributed by atoms with E-state index in [4.69, 9.17) is 4.74 Å². The van der Waals surface area contributed by atoms with Crippen molar-refractivity contribution in [2.75, 3.05) is 6.61 Å². The maximum Gasteiger partial charge on any atom is 0.214 e. The van der Waals surface area contributed by atoms with Crippen LogP contribution in [0.25, 0.3) is 10.9 Å². The molecule has 1 N–H and O–H groups in total. The Balaban J connectivity index is 1.15. The summed E-state index contributed by atoms with van der Waals surface area (Å²) in [5.41, 5.74) is 0.545. The highest BCUT2D eigenvalue weighted by molar-refractivity contribution is 5.83. The van der Waals surface area contributed by atoms with Gasteiger partial charge in [0.05, 0.1) is 11.1 Å². The molecule has 4 aliphatic rings. The van der Waals surface area contributed by atoms with E-state index in [1.807, 2.05) is 43.3 Å². The Labute approximate surface area is 209 Å². The van der Waals surface area contributed by atoms with Gasteiger partial charge >= 0.3 is 0 Å². The minimum absolute atomic E-state index is 0.101. The Hall–Kier alpha value is -1.94. The third kappa shape index (κ3) is 4.20. The summed E-state index contributed by atoms with van der Waals surface area (Å²) in [4.78, 5) is 18.2. The van der Waals surface area contributed by atoms with Gasteiger partial charge in [0, 0.05) is 17.4 Å². The normalized spacial score (nSPS) is 40.9. The van der Waals surface area contributed by atoms with Gasteiger partial charge in [0.25, 0.3) is 0 Å². The molecular weight excluding hydrogens is 434 g/mol. The molecule has 4 saturated carbocycles. The highest BCUT2D eigenvalue weighted by Gasteiger charge is 2.57. The molecule has 8 atom stereocenters. The van der Waals surface area contributed by atoms with E-state index in [2.05, 4.69) is 11.9 Å². The number of Topliss-reactive ketones (excluding diaryl/α,β-unsaturated/α-hetero) is 1. The largest absolute Gasteiger partial charge is 0.470 e. The molecule has 2 aromatic rings. The number of carbonyl (C=O) groups excluding carboxylic acids is 1. The van der Waals surface area contributed by atoms with Crippen molar-refractivity contribution in [1.29, 1.82) is 0 Å². The fourth-order valence-electron chi connectivity index (χ4n) is 9.18. The molecule has 1 aromatic carbocycles. The van der Waals surface area contributed by atoms with E-state index in [9.17, 15) is 9.90 Å². The molecule has 1 heterocycles. The first-order valence-electron chi connectivity index (χ1n) is 14.1. The first-order chi connectivity index (χ1) is 16.8. The second-order valence-electron chi connectivity index (χ2n) is 12.8. The van der Waals surface area contributed by atoms with E-state index in [1.54, 1.807) is 0 Å². The molecule has 0 bridgehead atoms. The smallest absolute Gasteiger partial charge is 0.214 e. The van der Waals surface area contributed by atoms with Crippen LogP contribution in [0.15, 0.2) is 36.4 Å². The first-order valence-corrected chi connectivity index (χ1v) is 14.1. The van der Waals surface area contributed by atoms with Gasteiger partial charge in [-0.3, -0.25) is 4.79 Å². The van der Waals surface area contributed by atoms with Gasteiger partial charge in [0.15, 0.2) is 5.78 Å². The third-order valence-corrected chi connectivity index (χ3v) is 10.8. The lowest BCUT2D eigenvalue weighted by Crippen LogP contribution is -2.55. The zero-order valence-corrected chi connectivity index (χ0v) is 21.4. The van der Waals surface area contributed by atoms with E-state index in [-0.39, 0.29) is 23.7 Å². The van der Waals surface area contributed by atoms with Gasteiger partial charge in [0.1, 0.15) is 6.61 Å². The molecule has 4 fully saturated rings. The summed E-state index contributed by atoms with van der Waals surface area (Å²) in [6.45, 7) is 4.61. The van der Waals surface area contributed by atoms with Crippen molar-refractivity contribution in [3.05, 3.63) is 36.4 Å². The number of ether oxygens (including phenoxy) is 1. The minimum Gasteiger partial charge on any atom is -0.470 e. The molecule has 6 rings (SSSR count). The quantitative estimate of drug-likeness (QED) is 0.542. The van der Waals surface area contributed by atoms with E-state index < -0.39 is 5.60 Å². The summed E-state index contributed by atoms with van der Waals surface area (Å²) < 4.78 is 5.97. The average Bonchev–Trinajstić information content (AvgIpc) is 2.85. The van der Waals surface area contributed by atoms with Crippen LogP contribution in [0.4, 0.5) is 0 Å². The molecule has 4 aliphatic carbocycles. The van der Waals surface area contributed by atoms with Crippen LogP contribution in [0.1, 0.15) is 78.1 Å². The van der Waals surface area contributed by atoms with Crippen molar-refractivity contribution in [2.24, 2.45) is 40.9 Å². The summed E-state index contributed by atoms with van der Waals surface area (Å²) in [5.74, 6) is 4.63. The number of hydrogen-bond donors (Lipinski definition) is 1. The van der Waals surface area contributed by atoms with Crippen LogP contribution in [0, 0.1) is 40.9 Å². The summed E-state index contributed by atoms with van der Waals surface area (Å²) in [6.07, 6.45) is 11.6. The Morgan fingerprint density at radius 2 is 1.80 bits per heavy atom. The van der Waals surface area contributed by atoms with Gasteiger partial charge in [-0.25, -0.2) is 4.98 Å². The minimum atomic E-state index is -0.459. The zero-order chi connectivity index (χ0) is 24.2. The number of pyridine rings is 1. The van der Waals surface area contributed by atoms with Gasteiger partial charge in [-0.2, -0.15) is 0 Å². The van der Waals surface area contributed by atoms with Gasteiger partial charge in [-0.1, -0.05) is 31.5 Å². The molecule has 4 nitrogen and oxygen atoms in total. The second kappa shape index (κ2) is 8.87. The fraction of sp³-hybridized carbons (Fsp3) is 0.677. The fourth-order valence-corrected chi connectivity index (χ4v) is 9.18. The van der Waals surface area contributed by atoms with Crippen LogP contribution in [0.2, 0.25) is 0 Å². The van der Waals surface area contributed by atoms with Gasteiger partial charge in [-0.15, -0.1) is 0 Å². The van der Waals surface area contributed by atoms with E-state index in [0.717, 1.165) is 54.3 Å². The van der Waals surface area contributed by atoms with Gasteiger partial charge < -0.3 is 9.84 Å². The predicted octanol–water partition coefficient (Wildman–Crippen LogP) is 6.59. The predicted molar refractivity (Wildman–Crippen MR) is 138 cm³/mol. The molecule has 0 aliphatic heterocycles. The standard InChI is InChI=1S/C31H41NO3/c1-30(34)16-14-22-21(18-30)10-12-24-23(22)15-17-31(2)25(24)7-5-8-26(31)28(33)19-35-29-13-11-20-6-3-4-9-27(20)32-29/h3-4,6,9,11,13,21-26,34H,5,7-8,10,12,14-19H2,1-2H3/t21-,22+,23-,24-,25+,26-,30-,31+/m1/s1. The first kappa shape index (κ1) is 23.5. The van der Waals surface area contributed by atoms with Crippen LogP contribution in [-0.2, 0) is 4.79 Å². The van der Waals surface area contributed by atoms with Crippen LogP contribution in [0.5, 0.6) is 5.88 Å². The molecule has 0 saturated heterocycles. The van der Waals surface area contributed by atoms with Crippen molar-refractivity contribution < 1.29 is 14.6 Å². The van der Waals surface area contributed by atoms with E-state index >= 15 is 0 Å². The Kier molecular flexibility index (Phi) is 5.94. The number of aliphatic hydroxyl groups is 1. The lowest BCUT2D eigenvalue weighted by atomic mass is 9.44. The maximum absolute atomic E-state index is 13.6. The molecule has 0 radical (unpaired) electrons. The number of para-hydroxylation sites is 1. The molecule has 0 spiro atoms. The average molecular weight is 476 g/mol. The molecular formula is C31H41NO3.